The largest absolute Gasteiger partial charge is 0.460 e. The molecule has 0 spiro atoms. The summed E-state index contributed by atoms with van der Waals surface area (Å²) in [6.45, 7) is 0.385. The summed E-state index contributed by atoms with van der Waals surface area (Å²) in [6, 6.07) is 9.35. The summed E-state index contributed by atoms with van der Waals surface area (Å²) in [5.41, 5.74) is 7.56. The standard InChI is InChI=1S/C19H21NO5/c1-23-10-11-24-19(22)17-15(12-6-3-2-4-7-12)16-13(21)8-5-9-14(16)25-18(17)20/h2-4,6-7,15H,5,8-11,20H2,1H3. The molecule has 0 saturated heterocycles. The van der Waals surface area contributed by atoms with E-state index in [1.54, 1.807) is 0 Å². The number of ether oxygens (including phenoxy) is 3. The first-order chi connectivity index (χ1) is 12.1. The van der Waals surface area contributed by atoms with Gasteiger partial charge < -0.3 is 19.9 Å². The minimum Gasteiger partial charge on any atom is -0.460 e. The SMILES string of the molecule is COCCOC(=O)C1=C(N)OC2=C(C(=O)CCC2)C1c1ccccc1. The molecule has 2 N–H and O–H groups in total. The number of carbonyl (C=O) groups is 2. The molecule has 6 nitrogen and oxygen atoms in total. The van der Waals surface area contributed by atoms with Gasteiger partial charge in [0.1, 0.15) is 17.9 Å². The molecule has 1 aromatic rings. The number of hydrogen-bond donors (Lipinski definition) is 1. The molecule has 25 heavy (non-hydrogen) atoms. The van der Waals surface area contributed by atoms with Gasteiger partial charge in [0, 0.05) is 25.5 Å². The second-order valence-electron chi connectivity index (χ2n) is 5.97. The first-order valence-electron chi connectivity index (χ1n) is 8.28. The van der Waals surface area contributed by atoms with Crippen LogP contribution in [0.5, 0.6) is 0 Å². The van der Waals surface area contributed by atoms with E-state index in [-0.39, 0.29) is 30.5 Å². The van der Waals surface area contributed by atoms with E-state index in [2.05, 4.69) is 0 Å². The first-order valence-corrected chi connectivity index (χ1v) is 8.28. The first kappa shape index (κ1) is 17.2. The lowest BCUT2D eigenvalue weighted by Gasteiger charge is -2.32. The van der Waals surface area contributed by atoms with Crippen molar-refractivity contribution in [1.29, 1.82) is 0 Å². The highest BCUT2D eigenvalue weighted by Crippen LogP contribution is 2.43. The molecule has 1 aromatic carbocycles. The molecule has 0 radical (unpaired) electrons. The van der Waals surface area contributed by atoms with Crippen molar-refractivity contribution in [3.8, 4) is 0 Å². The van der Waals surface area contributed by atoms with Gasteiger partial charge in [-0.2, -0.15) is 0 Å². The zero-order valence-electron chi connectivity index (χ0n) is 14.1. The maximum Gasteiger partial charge on any atom is 0.340 e. The summed E-state index contributed by atoms with van der Waals surface area (Å²) >= 11 is 0. The molecule has 1 heterocycles. The van der Waals surface area contributed by atoms with E-state index in [0.29, 0.717) is 24.2 Å². The number of ketones is 1. The average molecular weight is 343 g/mol. The number of carbonyl (C=O) groups excluding carboxylic acids is 2. The summed E-state index contributed by atoms with van der Waals surface area (Å²) in [4.78, 5) is 25.2. The van der Waals surface area contributed by atoms with Crippen molar-refractivity contribution in [1.82, 2.24) is 0 Å². The van der Waals surface area contributed by atoms with E-state index in [1.165, 1.54) is 7.11 Å². The Labute approximate surface area is 146 Å². The fourth-order valence-corrected chi connectivity index (χ4v) is 3.23. The van der Waals surface area contributed by atoms with Gasteiger partial charge in [0.2, 0.25) is 5.88 Å². The van der Waals surface area contributed by atoms with Crippen molar-refractivity contribution in [2.24, 2.45) is 5.73 Å². The van der Waals surface area contributed by atoms with Crippen LogP contribution in [0.3, 0.4) is 0 Å². The molecule has 1 atom stereocenters. The minimum atomic E-state index is -0.590. The summed E-state index contributed by atoms with van der Waals surface area (Å²) in [5.74, 6) is -0.591. The van der Waals surface area contributed by atoms with Crippen molar-refractivity contribution in [2.75, 3.05) is 20.3 Å². The van der Waals surface area contributed by atoms with Crippen LogP contribution in [-0.2, 0) is 23.8 Å². The molecule has 1 aliphatic heterocycles. The van der Waals surface area contributed by atoms with Gasteiger partial charge in [-0.15, -0.1) is 0 Å². The molecular formula is C19H21NO5. The Morgan fingerprint density at radius 3 is 2.72 bits per heavy atom. The number of hydrogen-bond acceptors (Lipinski definition) is 6. The van der Waals surface area contributed by atoms with Crippen LogP contribution in [0.25, 0.3) is 0 Å². The highest BCUT2D eigenvalue weighted by molar-refractivity contribution is 6.03. The van der Waals surface area contributed by atoms with Crippen LogP contribution in [0.15, 0.2) is 53.1 Å². The third-order valence-electron chi connectivity index (χ3n) is 4.36. The number of nitrogens with two attached hydrogens (primary N) is 1. The monoisotopic (exact) mass is 343 g/mol. The Morgan fingerprint density at radius 1 is 1.24 bits per heavy atom. The van der Waals surface area contributed by atoms with E-state index in [0.717, 1.165) is 12.0 Å². The van der Waals surface area contributed by atoms with Gasteiger partial charge in [-0.3, -0.25) is 4.79 Å². The van der Waals surface area contributed by atoms with E-state index in [4.69, 9.17) is 19.9 Å². The zero-order chi connectivity index (χ0) is 17.8. The highest BCUT2D eigenvalue weighted by atomic mass is 16.6. The highest BCUT2D eigenvalue weighted by Gasteiger charge is 2.41. The van der Waals surface area contributed by atoms with Gasteiger partial charge in [-0.1, -0.05) is 30.3 Å². The molecule has 0 fully saturated rings. The molecule has 132 valence electrons. The number of Topliss-reactive ketones (excluding diaryl/α,β-unsaturated/α-hetero) is 1. The molecule has 0 amide bonds. The van der Waals surface area contributed by atoms with Gasteiger partial charge in [0.05, 0.1) is 12.5 Å². The van der Waals surface area contributed by atoms with Crippen molar-refractivity contribution in [3.05, 3.63) is 58.7 Å². The smallest absolute Gasteiger partial charge is 0.340 e. The number of esters is 1. The number of methoxy groups -OCH3 is 1. The quantitative estimate of drug-likeness (QED) is 0.651. The van der Waals surface area contributed by atoms with E-state index in [9.17, 15) is 9.59 Å². The molecule has 3 rings (SSSR count). The second kappa shape index (κ2) is 7.53. The molecule has 1 aliphatic carbocycles. The number of rotatable bonds is 5. The van der Waals surface area contributed by atoms with E-state index in [1.807, 2.05) is 30.3 Å². The van der Waals surface area contributed by atoms with Gasteiger partial charge in [0.25, 0.3) is 0 Å². The summed E-state index contributed by atoms with van der Waals surface area (Å²) < 4.78 is 15.8. The third-order valence-corrected chi connectivity index (χ3v) is 4.36. The van der Waals surface area contributed by atoms with Crippen molar-refractivity contribution < 1.29 is 23.8 Å². The van der Waals surface area contributed by atoms with Crippen LogP contribution in [0.2, 0.25) is 0 Å². The van der Waals surface area contributed by atoms with Crippen LogP contribution >= 0.6 is 0 Å². The Kier molecular flexibility index (Phi) is 5.19. The topological polar surface area (TPSA) is 87.8 Å². The fraction of sp³-hybridized carbons (Fsp3) is 0.368. The van der Waals surface area contributed by atoms with Crippen molar-refractivity contribution in [3.63, 3.8) is 0 Å². The molecular weight excluding hydrogens is 322 g/mol. The Morgan fingerprint density at radius 2 is 2.00 bits per heavy atom. The van der Waals surface area contributed by atoms with Gasteiger partial charge in [-0.25, -0.2) is 4.79 Å². The zero-order valence-corrected chi connectivity index (χ0v) is 14.1. The Hall–Kier alpha value is -2.60. The number of benzene rings is 1. The molecule has 2 aliphatic rings. The van der Waals surface area contributed by atoms with Crippen LogP contribution in [0, 0.1) is 0 Å². The predicted molar refractivity (Wildman–Crippen MR) is 90.2 cm³/mol. The average Bonchev–Trinajstić information content (AvgIpc) is 2.61. The second-order valence-corrected chi connectivity index (χ2v) is 5.97. The van der Waals surface area contributed by atoms with Crippen molar-refractivity contribution >= 4 is 11.8 Å². The fourth-order valence-electron chi connectivity index (χ4n) is 3.23. The van der Waals surface area contributed by atoms with Crippen LogP contribution in [0.4, 0.5) is 0 Å². The lowest BCUT2D eigenvalue weighted by molar-refractivity contribution is -0.140. The third kappa shape index (κ3) is 3.44. The predicted octanol–water partition coefficient (Wildman–Crippen LogP) is 2.17. The van der Waals surface area contributed by atoms with E-state index < -0.39 is 11.9 Å². The van der Waals surface area contributed by atoms with Crippen LogP contribution < -0.4 is 5.73 Å². The lowest BCUT2D eigenvalue weighted by atomic mass is 9.77. The maximum atomic E-state index is 12.6. The number of allylic oxidation sites excluding steroid dienone is 2. The normalized spacial score (nSPS) is 20.2. The molecule has 0 aromatic heterocycles. The van der Waals surface area contributed by atoms with Crippen LogP contribution in [0.1, 0.15) is 30.7 Å². The van der Waals surface area contributed by atoms with E-state index >= 15 is 0 Å². The van der Waals surface area contributed by atoms with Crippen molar-refractivity contribution in [2.45, 2.75) is 25.2 Å². The van der Waals surface area contributed by atoms with Gasteiger partial charge in [-0.05, 0) is 12.0 Å². The maximum absolute atomic E-state index is 12.6. The van der Waals surface area contributed by atoms with Gasteiger partial charge in [0.15, 0.2) is 5.78 Å². The summed E-state index contributed by atoms with van der Waals surface area (Å²) in [6.07, 6.45) is 1.80. The van der Waals surface area contributed by atoms with Crippen LogP contribution in [-0.4, -0.2) is 32.1 Å². The minimum absolute atomic E-state index is 0.00437. The molecule has 0 bridgehead atoms. The van der Waals surface area contributed by atoms with Gasteiger partial charge >= 0.3 is 5.97 Å². The Balaban J connectivity index is 2.02. The molecule has 6 heteroatoms. The molecule has 1 unspecified atom stereocenters. The Bertz CT molecular complexity index is 735. The summed E-state index contributed by atoms with van der Waals surface area (Å²) in [7, 11) is 1.52. The summed E-state index contributed by atoms with van der Waals surface area (Å²) in [5, 5.41) is 0. The lowest BCUT2D eigenvalue weighted by Crippen LogP contribution is -2.31. The molecule has 0 saturated carbocycles.